The summed E-state index contributed by atoms with van der Waals surface area (Å²) >= 11 is 1.28. The highest BCUT2D eigenvalue weighted by Crippen LogP contribution is 2.30. The molecule has 1 aromatic heterocycles. The highest BCUT2D eigenvalue weighted by Gasteiger charge is 2.22. The Morgan fingerprint density at radius 1 is 0.875 bits per heavy atom. The van der Waals surface area contributed by atoms with E-state index in [1.54, 1.807) is 47.4 Å². The molecule has 5 nitrogen and oxygen atoms in total. The van der Waals surface area contributed by atoms with Gasteiger partial charge in [-0.2, -0.15) is 0 Å². The molecule has 162 valence electrons. The Kier molecular flexibility index (Phi) is 6.39. The molecule has 0 bridgehead atoms. The lowest BCUT2D eigenvalue weighted by Gasteiger charge is -2.22. The number of rotatable bonds is 7. The largest absolute Gasteiger partial charge is 0.308 e. The molecule has 0 saturated carbocycles. The summed E-state index contributed by atoms with van der Waals surface area (Å²) in [6, 6.07) is 20.1. The fourth-order valence-electron chi connectivity index (χ4n) is 3.26. The van der Waals surface area contributed by atoms with Crippen LogP contribution in [0.15, 0.2) is 72.8 Å². The van der Waals surface area contributed by atoms with E-state index in [2.05, 4.69) is 4.98 Å². The van der Waals surface area contributed by atoms with Gasteiger partial charge in [0.05, 0.1) is 10.2 Å². The molecule has 0 N–H and O–H groups in total. The molecule has 0 fully saturated rings. The molecule has 3 aromatic carbocycles. The van der Waals surface area contributed by atoms with Crippen molar-refractivity contribution in [2.24, 2.45) is 0 Å². The Labute approximate surface area is 189 Å². The fourth-order valence-corrected chi connectivity index (χ4v) is 4.28. The van der Waals surface area contributed by atoms with Crippen molar-refractivity contribution in [2.75, 3.05) is 32.1 Å². The van der Waals surface area contributed by atoms with E-state index >= 15 is 0 Å². The molecule has 0 atom stereocenters. The van der Waals surface area contributed by atoms with Crippen LogP contribution in [0.2, 0.25) is 0 Å². The van der Waals surface area contributed by atoms with Gasteiger partial charge in [-0.1, -0.05) is 53.8 Å². The van der Waals surface area contributed by atoms with Gasteiger partial charge >= 0.3 is 0 Å². The molecule has 0 unspecified atom stereocenters. The molecule has 4 aromatic rings. The van der Waals surface area contributed by atoms with Crippen molar-refractivity contribution in [2.45, 2.75) is 0 Å². The highest BCUT2D eigenvalue weighted by atomic mass is 32.1. The molecule has 0 aliphatic carbocycles. The number of carbonyl (C=O) groups excluding carboxylic acids is 2. The summed E-state index contributed by atoms with van der Waals surface area (Å²) in [5.41, 5.74) is 2.22. The van der Waals surface area contributed by atoms with Crippen molar-refractivity contribution < 1.29 is 14.0 Å². The monoisotopic (exact) mass is 447 g/mol. The Hall–Kier alpha value is -3.42. The Morgan fingerprint density at radius 2 is 1.53 bits per heavy atom. The summed E-state index contributed by atoms with van der Waals surface area (Å²) in [6.45, 7) is 1.07. The number of benzene rings is 3. The van der Waals surface area contributed by atoms with Crippen LogP contribution in [0.25, 0.3) is 10.2 Å². The summed E-state index contributed by atoms with van der Waals surface area (Å²) in [4.78, 5) is 34.2. The third-order valence-electron chi connectivity index (χ3n) is 5.02. The zero-order chi connectivity index (χ0) is 22.7. The van der Waals surface area contributed by atoms with Crippen LogP contribution in [-0.2, 0) is 0 Å². The van der Waals surface area contributed by atoms with Gasteiger partial charge in [-0.25, -0.2) is 9.37 Å². The zero-order valence-corrected chi connectivity index (χ0v) is 18.6. The third-order valence-corrected chi connectivity index (χ3v) is 6.06. The third kappa shape index (κ3) is 4.74. The van der Waals surface area contributed by atoms with Gasteiger partial charge in [0.1, 0.15) is 5.82 Å². The molecule has 0 aliphatic heterocycles. The standard InChI is InChI=1S/C25H22FN3O2S/c1-28(2)14-15-29(25-27-21-13-12-20(26)16-22(21)32-25)24(31)19-10-8-18(9-11-19)23(30)17-6-4-3-5-7-17/h3-13,16H,14-15H2,1-2H3. The van der Waals surface area contributed by atoms with Crippen molar-refractivity contribution in [3.63, 3.8) is 0 Å². The topological polar surface area (TPSA) is 53.5 Å². The normalized spacial score (nSPS) is 11.1. The van der Waals surface area contributed by atoms with Gasteiger partial charge in [0.2, 0.25) is 0 Å². The maximum absolute atomic E-state index is 13.6. The van der Waals surface area contributed by atoms with E-state index in [0.29, 0.717) is 45.1 Å². The smallest absolute Gasteiger partial charge is 0.260 e. The minimum absolute atomic E-state index is 0.0951. The average molecular weight is 448 g/mol. The SMILES string of the molecule is CN(C)CCN(C(=O)c1ccc(C(=O)c2ccccc2)cc1)c1nc2ccc(F)cc2s1. The van der Waals surface area contributed by atoms with E-state index in [0.717, 1.165) is 0 Å². The van der Waals surface area contributed by atoms with E-state index in [-0.39, 0.29) is 17.5 Å². The lowest BCUT2D eigenvalue weighted by molar-refractivity contribution is 0.0982. The second kappa shape index (κ2) is 9.38. The lowest BCUT2D eigenvalue weighted by Crippen LogP contribution is -2.36. The molecule has 0 spiro atoms. The van der Waals surface area contributed by atoms with Crippen LogP contribution in [0.1, 0.15) is 26.3 Å². The first-order valence-corrected chi connectivity index (χ1v) is 11.0. The predicted octanol–water partition coefficient (Wildman–Crippen LogP) is 4.87. The number of amides is 1. The van der Waals surface area contributed by atoms with E-state index in [9.17, 15) is 14.0 Å². The molecule has 0 aliphatic rings. The number of fused-ring (bicyclic) bond motifs is 1. The summed E-state index contributed by atoms with van der Waals surface area (Å²) < 4.78 is 14.3. The number of hydrogen-bond acceptors (Lipinski definition) is 5. The van der Waals surface area contributed by atoms with Gasteiger partial charge in [0.15, 0.2) is 10.9 Å². The van der Waals surface area contributed by atoms with Crippen LogP contribution < -0.4 is 4.90 Å². The number of nitrogens with zero attached hydrogens (tertiary/aromatic N) is 3. The Balaban J connectivity index is 1.62. The quantitative estimate of drug-likeness (QED) is 0.379. The van der Waals surface area contributed by atoms with Gasteiger partial charge in [-0.15, -0.1) is 0 Å². The number of likely N-dealkylation sites (N-methyl/N-ethyl adjacent to an activating group) is 1. The molecule has 1 amide bonds. The molecular formula is C25H22FN3O2S. The van der Waals surface area contributed by atoms with Crippen LogP contribution in [0.3, 0.4) is 0 Å². The van der Waals surface area contributed by atoms with Gasteiger partial charge in [0.25, 0.3) is 5.91 Å². The minimum atomic E-state index is -0.336. The molecule has 0 saturated heterocycles. The first-order chi connectivity index (χ1) is 15.4. The van der Waals surface area contributed by atoms with Crippen molar-refractivity contribution in [3.8, 4) is 0 Å². The zero-order valence-electron chi connectivity index (χ0n) is 17.8. The van der Waals surface area contributed by atoms with Gasteiger partial charge in [0, 0.05) is 29.8 Å². The van der Waals surface area contributed by atoms with Gasteiger partial charge in [-0.3, -0.25) is 14.5 Å². The second-order valence-electron chi connectivity index (χ2n) is 7.64. The lowest BCUT2D eigenvalue weighted by atomic mass is 10.0. The number of aromatic nitrogens is 1. The van der Waals surface area contributed by atoms with Crippen LogP contribution >= 0.6 is 11.3 Å². The summed E-state index contributed by atoms with van der Waals surface area (Å²) in [5, 5.41) is 0.516. The number of thiazole rings is 1. The predicted molar refractivity (Wildman–Crippen MR) is 126 cm³/mol. The minimum Gasteiger partial charge on any atom is -0.308 e. The van der Waals surface area contributed by atoms with Crippen LogP contribution in [0.5, 0.6) is 0 Å². The van der Waals surface area contributed by atoms with Crippen LogP contribution in [0.4, 0.5) is 9.52 Å². The first-order valence-electron chi connectivity index (χ1n) is 10.1. The Morgan fingerprint density at radius 3 is 2.22 bits per heavy atom. The molecule has 4 rings (SSSR count). The van der Waals surface area contributed by atoms with E-state index in [1.165, 1.54) is 23.5 Å². The number of ketones is 1. The van der Waals surface area contributed by atoms with E-state index < -0.39 is 0 Å². The van der Waals surface area contributed by atoms with Crippen LogP contribution in [0, 0.1) is 5.82 Å². The maximum atomic E-state index is 13.6. The fraction of sp³-hybridized carbons (Fsp3) is 0.160. The molecular weight excluding hydrogens is 425 g/mol. The number of hydrogen-bond donors (Lipinski definition) is 0. The van der Waals surface area contributed by atoms with Crippen LogP contribution in [-0.4, -0.2) is 48.8 Å². The number of carbonyl (C=O) groups is 2. The second-order valence-corrected chi connectivity index (χ2v) is 8.65. The van der Waals surface area contributed by atoms with Crippen molar-refractivity contribution in [1.82, 2.24) is 9.88 Å². The maximum Gasteiger partial charge on any atom is 0.260 e. The Bertz CT molecular complexity index is 1250. The van der Waals surface area contributed by atoms with Gasteiger partial charge < -0.3 is 4.90 Å². The van der Waals surface area contributed by atoms with Crippen molar-refractivity contribution in [3.05, 3.63) is 95.3 Å². The average Bonchev–Trinajstić information content (AvgIpc) is 3.22. The first kappa shape index (κ1) is 21.8. The highest BCUT2D eigenvalue weighted by molar-refractivity contribution is 7.22. The molecule has 32 heavy (non-hydrogen) atoms. The van der Waals surface area contributed by atoms with E-state index in [1.807, 2.05) is 37.2 Å². The van der Waals surface area contributed by atoms with Crippen molar-refractivity contribution in [1.29, 1.82) is 0 Å². The van der Waals surface area contributed by atoms with E-state index in [4.69, 9.17) is 0 Å². The molecule has 0 radical (unpaired) electrons. The summed E-state index contributed by atoms with van der Waals surface area (Å²) in [6.07, 6.45) is 0. The molecule has 7 heteroatoms. The summed E-state index contributed by atoms with van der Waals surface area (Å²) in [7, 11) is 3.86. The molecule has 1 heterocycles. The van der Waals surface area contributed by atoms with Crippen molar-refractivity contribution >= 4 is 38.4 Å². The number of anilines is 1. The van der Waals surface area contributed by atoms with Gasteiger partial charge in [-0.05, 0) is 44.4 Å². The number of halogens is 1. The summed E-state index contributed by atoms with van der Waals surface area (Å²) in [5.74, 6) is -0.648.